The van der Waals surface area contributed by atoms with Gasteiger partial charge in [-0.3, -0.25) is 14.4 Å². The largest absolute Gasteiger partial charge is 0.462 e. The van der Waals surface area contributed by atoms with Gasteiger partial charge in [0, 0.05) is 19.3 Å². The van der Waals surface area contributed by atoms with Gasteiger partial charge in [0.25, 0.3) is 0 Å². The Labute approximate surface area is 420 Å². The maximum Gasteiger partial charge on any atom is 0.306 e. The van der Waals surface area contributed by atoms with E-state index in [0.717, 1.165) is 116 Å². The quantitative estimate of drug-likeness (QED) is 0.0262. The molecule has 0 aliphatic rings. The topological polar surface area (TPSA) is 78.9 Å². The van der Waals surface area contributed by atoms with E-state index in [9.17, 15) is 14.4 Å². The van der Waals surface area contributed by atoms with Crippen LogP contribution >= 0.6 is 0 Å². The van der Waals surface area contributed by atoms with Crippen LogP contribution < -0.4 is 0 Å². The van der Waals surface area contributed by atoms with Gasteiger partial charge < -0.3 is 14.2 Å². The molecule has 0 saturated carbocycles. The summed E-state index contributed by atoms with van der Waals surface area (Å²) in [5.41, 5.74) is 0. The number of carbonyl (C=O) groups excluding carboxylic acids is 3. The summed E-state index contributed by atoms with van der Waals surface area (Å²) in [7, 11) is 0. The number of allylic oxidation sites excluding steroid dienone is 14. The van der Waals surface area contributed by atoms with Crippen molar-refractivity contribution in [2.75, 3.05) is 13.2 Å². The second-order valence-corrected chi connectivity index (χ2v) is 18.8. The van der Waals surface area contributed by atoms with Gasteiger partial charge in [0.2, 0.25) is 0 Å². The van der Waals surface area contributed by atoms with E-state index >= 15 is 0 Å². The minimum Gasteiger partial charge on any atom is -0.462 e. The van der Waals surface area contributed by atoms with Crippen molar-refractivity contribution in [2.24, 2.45) is 0 Å². The van der Waals surface area contributed by atoms with E-state index in [0.29, 0.717) is 19.3 Å². The summed E-state index contributed by atoms with van der Waals surface area (Å²) in [5, 5.41) is 0. The standard InChI is InChI=1S/C62H106O6/c1-4-7-10-13-16-19-22-25-28-30-31-33-34-37-40-43-46-49-52-55-61(64)67-58-59(57-66-60(63)54-51-48-45-42-39-36-27-24-21-18-15-12-9-6-3)68-62(65)56-53-50-47-44-41-38-35-32-29-26-23-20-17-14-11-8-5-2/h8,11,15-20,24-29,59H,4-7,9-10,12-14,21-23,30-58H2,1-3H3/b11-8-,18-15-,19-16-,20-17-,27-24-,28-25-,29-26-. The summed E-state index contributed by atoms with van der Waals surface area (Å²) in [6.07, 6.45) is 72.8. The number of unbranched alkanes of at least 4 members (excludes halogenated alkanes) is 26. The first kappa shape index (κ1) is 64.6. The van der Waals surface area contributed by atoms with E-state index in [1.807, 2.05) is 0 Å². The lowest BCUT2D eigenvalue weighted by atomic mass is 10.1. The first-order valence-corrected chi connectivity index (χ1v) is 28.6. The zero-order valence-electron chi connectivity index (χ0n) is 44.6. The van der Waals surface area contributed by atoms with Crippen LogP contribution in [-0.2, 0) is 28.6 Å². The molecule has 0 saturated heterocycles. The highest BCUT2D eigenvalue weighted by molar-refractivity contribution is 5.71. The summed E-state index contributed by atoms with van der Waals surface area (Å²) >= 11 is 0. The van der Waals surface area contributed by atoms with Crippen LogP contribution in [0.2, 0.25) is 0 Å². The molecule has 0 heterocycles. The zero-order chi connectivity index (χ0) is 49.3. The van der Waals surface area contributed by atoms with Crippen LogP contribution in [0.5, 0.6) is 0 Å². The molecule has 0 rings (SSSR count). The minimum atomic E-state index is -0.790. The number of hydrogen-bond acceptors (Lipinski definition) is 6. The molecule has 0 aliphatic heterocycles. The van der Waals surface area contributed by atoms with Gasteiger partial charge in [-0.15, -0.1) is 0 Å². The minimum absolute atomic E-state index is 0.0874. The first-order valence-electron chi connectivity index (χ1n) is 28.6. The number of carbonyl (C=O) groups is 3. The fourth-order valence-electron chi connectivity index (χ4n) is 7.80. The Morgan fingerprint density at radius 3 is 0.941 bits per heavy atom. The van der Waals surface area contributed by atoms with Crippen molar-refractivity contribution in [3.63, 3.8) is 0 Å². The van der Waals surface area contributed by atoms with Crippen LogP contribution in [0.15, 0.2) is 85.1 Å². The number of rotatable bonds is 51. The summed E-state index contributed by atoms with van der Waals surface area (Å²) < 4.78 is 16.9. The third-order valence-electron chi connectivity index (χ3n) is 12.1. The molecular weight excluding hydrogens is 841 g/mol. The highest BCUT2D eigenvalue weighted by Crippen LogP contribution is 2.15. The van der Waals surface area contributed by atoms with Crippen LogP contribution in [-0.4, -0.2) is 37.2 Å². The van der Waals surface area contributed by atoms with Crippen molar-refractivity contribution in [3.8, 4) is 0 Å². The molecule has 0 bridgehead atoms. The Morgan fingerprint density at radius 1 is 0.309 bits per heavy atom. The molecule has 1 unspecified atom stereocenters. The maximum absolute atomic E-state index is 12.9. The van der Waals surface area contributed by atoms with Crippen LogP contribution in [0.25, 0.3) is 0 Å². The lowest BCUT2D eigenvalue weighted by Gasteiger charge is -2.18. The molecule has 68 heavy (non-hydrogen) atoms. The van der Waals surface area contributed by atoms with Gasteiger partial charge in [-0.25, -0.2) is 0 Å². The fraction of sp³-hybridized carbons (Fsp3) is 0.726. The fourth-order valence-corrected chi connectivity index (χ4v) is 7.80. The van der Waals surface area contributed by atoms with E-state index in [2.05, 4.69) is 106 Å². The average Bonchev–Trinajstić information content (AvgIpc) is 3.34. The number of esters is 3. The van der Waals surface area contributed by atoms with E-state index in [-0.39, 0.29) is 31.1 Å². The number of hydrogen-bond donors (Lipinski definition) is 0. The Kier molecular flexibility index (Phi) is 53.4. The summed E-state index contributed by atoms with van der Waals surface area (Å²) in [6, 6.07) is 0. The molecule has 6 nitrogen and oxygen atoms in total. The molecular formula is C62H106O6. The Balaban J connectivity index is 4.41. The van der Waals surface area contributed by atoms with Gasteiger partial charge in [0.05, 0.1) is 0 Å². The average molecular weight is 948 g/mol. The smallest absolute Gasteiger partial charge is 0.306 e. The molecule has 0 aliphatic carbocycles. The molecule has 0 radical (unpaired) electrons. The van der Waals surface area contributed by atoms with Crippen molar-refractivity contribution in [3.05, 3.63) is 85.1 Å². The molecule has 6 heteroatoms. The Hall–Kier alpha value is -3.41. The van der Waals surface area contributed by atoms with Crippen molar-refractivity contribution >= 4 is 17.9 Å². The lowest BCUT2D eigenvalue weighted by molar-refractivity contribution is -0.167. The molecule has 0 N–H and O–H groups in total. The zero-order valence-corrected chi connectivity index (χ0v) is 44.6. The maximum atomic E-state index is 12.9. The van der Waals surface area contributed by atoms with Gasteiger partial charge >= 0.3 is 17.9 Å². The molecule has 390 valence electrons. The van der Waals surface area contributed by atoms with E-state index in [4.69, 9.17) is 14.2 Å². The van der Waals surface area contributed by atoms with Gasteiger partial charge in [-0.1, -0.05) is 228 Å². The SMILES string of the molecule is CC/C=C\C/C=C\C/C=C\CCCCCCCCCC(=O)OC(COC(=O)CCCCCCC/C=C\C/C=C\CCCC)COC(=O)CCCCCCCCCCC/C=C\C/C=C\CCCCC. The van der Waals surface area contributed by atoms with Crippen molar-refractivity contribution in [1.82, 2.24) is 0 Å². The first-order chi connectivity index (χ1) is 33.5. The van der Waals surface area contributed by atoms with Gasteiger partial charge in [-0.2, -0.15) is 0 Å². The molecule has 0 aromatic carbocycles. The Morgan fingerprint density at radius 2 is 0.588 bits per heavy atom. The predicted octanol–water partition coefficient (Wildman–Crippen LogP) is 19.2. The normalized spacial score (nSPS) is 12.7. The third kappa shape index (κ3) is 53.5. The monoisotopic (exact) mass is 947 g/mol. The second-order valence-electron chi connectivity index (χ2n) is 18.8. The highest BCUT2D eigenvalue weighted by Gasteiger charge is 2.19. The summed E-state index contributed by atoms with van der Waals surface area (Å²) in [6.45, 7) is 6.45. The Bertz CT molecular complexity index is 1320. The summed E-state index contributed by atoms with van der Waals surface area (Å²) in [5.74, 6) is -0.910. The lowest BCUT2D eigenvalue weighted by Crippen LogP contribution is -2.30. The third-order valence-corrected chi connectivity index (χ3v) is 12.1. The number of ether oxygens (including phenoxy) is 3. The molecule has 1 atom stereocenters. The second kappa shape index (κ2) is 56.2. The molecule has 0 spiro atoms. The van der Waals surface area contributed by atoms with E-state index in [1.165, 1.54) is 116 Å². The van der Waals surface area contributed by atoms with Crippen molar-refractivity contribution in [1.29, 1.82) is 0 Å². The van der Waals surface area contributed by atoms with E-state index in [1.54, 1.807) is 0 Å². The molecule has 0 aromatic heterocycles. The molecule has 0 amide bonds. The van der Waals surface area contributed by atoms with Gasteiger partial charge in [0.1, 0.15) is 13.2 Å². The van der Waals surface area contributed by atoms with Gasteiger partial charge in [-0.05, 0) is 109 Å². The highest BCUT2D eigenvalue weighted by atomic mass is 16.6. The van der Waals surface area contributed by atoms with Crippen molar-refractivity contribution < 1.29 is 28.6 Å². The van der Waals surface area contributed by atoms with E-state index < -0.39 is 6.10 Å². The van der Waals surface area contributed by atoms with Crippen LogP contribution in [0.4, 0.5) is 0 Å². The van der Waals surface area contributed by atoms with Crippen molar-refractivity contribution in [2.45, 2.75) is 277 Å². The predicted molar refractivity (Wildman–Crippen MR) is 293 cm³/mol. The van der Waals surface area contributed by atoms with Crippen LogP contribution in [0, 0.1) is 0 Å². The molecule has 0 fully saturated rings. The summed E-state index contributed by atoms with van der Waals surface area (Å²) in [4.78, 5) is 38.2. The van der Waals surface area contributed by atoms with Crippen LogP contribution in [0.1, 0.15) is 271 Å². The molecule has 0 aromatic rings. The van der Waals surface area contributed by atoms with Crippen LogP contribution in [0.3, 0.4) is 0 Å². The van der Waals surface area contributed by atoms with Gasteiger partial charge in [0.15, 0.2) is 6.10 Å².